The van der Waals surface area contributed by atoms with Crippen LogP contribution in [0.1, 0.15) is 5.56 Å². The highest BCUT2D eigenvalue weighted by molar-refractivity contribution is 9.10. The molecular weight excluding hydrogens is 419 g/mol. The molecule has 3 N–H and O–H groups in total. The molecule has 0 aliphatic carbocycles. The first-order chi connectivity index (χ1) is 10.1. The number of halogens is 3. The number of hydrogen-bond donors (Lipinski definition) is 2. The Bertz CT molecular complexity index is 590. The average Bonchev–Trinajstić information content (AvgIpc) is 2.44. The molecule has 0 amide bonds. The lowest BCUT2D eigenvalue weighted by Gasteiger charge is -2.16. The molecule has 0 fully saturated rings. The van der Waals surface area contributed by atoms with Crippen molar-refractivity contribution in [2.45, 2.75) is 17.4 Å². The first kappa shape index (κ1) is 17.0. The molecule has 0 heterocycles. The highest BCUT2D eigenvalue weighted by Gasteiger charge is 2.11. The van der Waals surface area contributed by atoms with E-state index in [9.17, 15) is 4.39 Å². The summed E-state index contributed by atoms with van der Waals surface area (Å²) < 4.78 is 15.2. The Balaban J connectivity index is 1.98. The number of thioether (sulfide) groups is 1. The standard InChI is InChI=1S/C15H15Br2FN2S/c16-11-5-10(6-12(18)8-11)7-13(20-19)9-21-15-4-2-1-3-14(15)17/h1-6,8,13,20H,7,9,19H2. The van der Waals surface area contributed by atoms with Crippen LogP contribution in [0.25, 0.3) is 0 Å². The molecule has 0 aliphatic heterocycles. The van der Waals surface area contributed by atoms with Crippen molar-refractivity contribution in [3.05, 3.63) is 62.8 Å². The molecule has 1 atom stereocenters. The Morgan fingerprint density at radius 1 is 1.19 bits per heavy atom. The Morgan fingerprint density at radius 2 is 1.95 bits per heavy atom. The Morgan fingerprint density at radius 3 is 2.62 bits per heavy atom. The molecular formula is C15H15Br2FN2S. The Labute approximate surface area is 144 Å². The van der Waals surface area contributed by atoms with Gasteiger partial charge in [-0.2, -0.15) is 0 Å². The minimum absolute atomic E-state index is 0.0656. The smallest absolute Gasteiger partial charge is 0.124 e. The van der Waals surface area contributed by atoms with Crippen LogP contribution in [-0.4, -0.2) is 11.8 Å². The predicted molar refractivity (Wildman–Crippen MR) is 93.8 cm³/mol. The lowest BCUT2D eigenvalue weighted by atomic mass is 10.1. The van der Waals surface area contributed by atoms with Gasteiger partial charge in [-0.3, -0.25) is 11.3 Å². The summed E-state index contributed by atoms with van der Waals surface area (Å²) in [6.45, 7) is 0. The van der Waals surface area contributed by atoms with Crippen LogP contribution >= 0.6 is 43.6 Å². The minimum atomic E-state index is -0.242. The van der Waals surface area contributed by atoms with Crippen LogP contribution in [0.15, 0.2) is 56.3 Å². The highest BCUT2D eigenvalue weighted by Crippen LogP contribution is 2.28. The van der Waals surface area contributed by atoms with Gasteiger partial charge in [-0.15, -0.1) is 11.8 Å². The predicted octanol–water partition coefficient (Wildman–Crippen LogP) is 4.52. The molecule has 0 bridgehead atoms. The van der Waals surface area contributed by atoms with Crippen LogP contribution in [0, 0.1) is 5.82 Å². The first-order valence-electron chi connectivity index (χ1n) is 6.37. The van der Waals surface area contributed by atoms with Crippen LogP contribution in [0.5, 0.6) is 0 Å². The van der Waals surface area contributed by atoms with Gasteiger partial charge in [-0.1, -0.05) is 28.1 Å². The SMILES string of the molecule is NNC(CSc1ccccc1Br)Cc1cc(F)cc(Br)c1. The van der Waals surface area contributed by atoms with Crippen molar-refractivity contribution in [3.63, 3.8) is 0 Å². The van der Waals surface area contributed by atoms with E-state index in [0.29, 0.717) is 6.42 Å². The van der Waals surface area contributed by atoms with Crippen LogP contribution in [-0.2, 0) is 6.42 Å². The second kappa shape index (κ2) is 8.29. The van der Waals surface area contributed by atoms with E-state index in [-0.39, 0.29) is 11.9 Å². The molecule has 0 saturated carbocycles. The number of hydrogen-bond acceptors (Lipinski definition) is 3. The van der Waals surface area contributed by atoms with E-state index < -0.39 is 0 Å². The van der Waals surface area contributed by atoms with Crippen molar-refractivity contribution >= 4 is 43.6 Å². The lowest BCUT2D eigenvalue weighted by molar-refractivity contribution is 0.570. The zero-order valence-corrected chi connectivity index (χ0v) is 15.1. The van der Waals surface area contributed by atoms with Gasteiger partial charge in [0.2, 0.25) is 0 Å². The zero-order chi connectivity index (χ0) is 15.2. The number of benzene rings is 2. The third-order valence-electron chi connectivity index (χ3n) is 2.92. The Hall–Kier alpha value is -0.400. The molecule has 21 heavy (non-hydrogen) atoms. The molecule has 2 aromatic carbocycles. The van der Waals surface area contributed by atoms with E-state index in [1.54, 1.807) is 11.8 Å². The molecule has 2 nitrogen and oxygen atoms in total. The van der Waals surface area contributed by atoms with Crippen molar-refractivity contribution in [1.29, 1.82) is 0 Å². The zero-order valence-electron chi connectivity index (χ0n) is 11.2. The van der Waals surface area contributed by atoms with E-state index in [4.69, 9.17) is 5.84 Å². The average molecular weight is 434 g/mol. The van der Waals surface area contributed by atoms with Crippen molar-refractivity contribution in [3.8, 4) is 0 Å². The molecule has 0 radical (unpaired) electrons. The maximum atomic E-state index is 13.4. The van der Waals surface area contributed by atoms with Crippen molar-refractivity contribution in [2.24, 2.45) is 5.84 Å². The third-order valence-corrected chi connectivity index (χ3v) is 5.56. The number of nitrogens with one attached hydrogen (secondary N) is 1. The Kier molecular flexibility index (Phi) is 6.70. The summed E-state index contributed by atoms with van der Waals surface area (Å²) in [4.78, 5) is 1.16. The molecule has 0 aliphatic rings. The number of nitrogens with two attached hydrogens (primary N) is 1. The van der Waals surface area contributed by atoms with E-state index in [1.807, 2.05) is 24.3 Å². The highest BCUT2D eigenvalue weighted by atomic mass is 79.9. The van der Waals surface area contributed by atoms with Gasteiger partial charge in [0.25, 0.3) is 0 Å². The lowest BCUT2D eigenvalue weighted by Crippen LogP contribution is -2.38. The van der Waals surface area contributed by atoms with E-state index >= 15 is 0 Å². The first-order valence-corrected chi connectivity index (χ1v) is 8.94. The summed E-state index contributed by atoms with van der Waals surface area (Å²) in [6, 6.07) is 13.0. The van der Waals surface area contributed by atoms with E-state index in [2.05, 4.69) is 43.4 Å². The summed E-state index contributed by atoms with van der Waals surface area (Å²) in [7, 11) is 0. The molecule has 0 spiro atoms. The van der Waals surface area contributed by atoms with Gasteiger partial charge >= 0.3 is 0 Å². The quantitative estimate of drug-likeness (QED) is 0.399. The largest absolute Gasteiger partial charge is 0.271 e. The fraction of sp³-hybridized carbons (Fsp3) is 0.200. The summed E-state index contributed by atoms with van der Waals surface area (Å²) >= 11 is 8.55. The second-order valence-electron chi connectivity index (χ2n) is 4.59. The molecule has 6 heteroatoms. The third kappa shape index (κ3) is 5.38. The van der Waals surface area contributed by atoms with E-state index in [1.165, 1.54) is 12.1 Å². The maximum Gasteiger partial charge on any atom is 0.124 e. The van der Waals surface area contributed by atoms with Gasteiger partial charge in [0.1, 0.15) is 5.82 Å². The van der Waals surface area contributed by atoms with Crippen molar-refractivity contribution < 1.29 is 4.39 Å². The van der Waals surface area contributed by atoms with Gasteiger partial charge in [0, 0.05) is 25.6 Å². The summed E-state index contributed by atoms with van der Waals surface area (Å²) in [5.41, 5.74) is 3.72. The fourth-order valence-electron chi connectivity index (χ4n) is 1.93. The second-order valence-corrected chi connectivity index (χ2v) is 7.42. The van der Waals surface area contributed by atoms with Crippen molar-refractivity contribution in [1.82, 2.24) is 5.43 Å². The number of rotatable bonds is 6. The normalized spacial score (nSPS) is 12.4. The molecule has 0 aromatic heterocycles. The monoisotopic (exact) mass is 432 g/mol. The molecule has 2 rings (SSSR count). The van der Waals surface area contributed by atoms with E-state index in [0.717, 1.165) is 25.2 Å². The van der Waals surface area contributed by atoms with Gasteiger partial charge in [0.15, 0.2) is 0 Å². The molecule has 1 unspecified atom stereocenters. The summed E-state index contributed by atoms with van der Waals surface area (Å²) in [6.07, 6.45) is 0.671. The van der Waals surface area contributed by atoms with Gasteiger partial charge < -0.3 is 0 Å². The minimum Gasteiger partial charge on any atom is -0.271 e. The molecule has 0 saturated heterocycles. The topological polar surface area (TPSA) is 38.0 Å². The maximum absolute atomic E-state index is 13.4. The van der Waals surface area contributed by atoms with Crippen LogP contribution in [0.3, 0.4) is 0 Å². The van der Waals surface area contributed by atoms with Crippen LogP contribution in [0.4, 0.5) is 4.39 Å². The van der Waals surface area contributed by atoms with Crippen LogP contribution in [0.2, 0.25) is 0 Å². The van der Waals surface area contributed by atoms with Gasteiger partial charge in [-0.05, 0) is 58.2 Å². The molecule has 112 valence electrons. The fourth-order valence-corrected chi connectivity index (χ4v) is 4.05. The number of hydrazine groups is 1. The van der Waals surface area contributed by atoms with Gasteiger partial charge in [0.05, 0.1) is 0 Å². The summed E-state index contributed by atoms with van der Waals surface area (Å²) in [5.74, 6) is 6.18. The van der Waals surface area contributed by atoms with Gasteiger partial charge in [-0.25, -0.2) is 4.39 Å². The van der Waals surface area contributed by atoms with Crippen molar-refractivity contribution in [2.75, 3.05) is 5.75 Å². The molecule has 2 aromatic rings. The summed E-state index contributed by atoms with van der Waals surface area (Å²) in [5, 5.41) is 0. The van der Waals surface area contributed by atoms with Crippen LogP contribution < -0.4 is 11.3 Å².